The monoisotopic (exact) mass is 279 g/mol. The Morgan fingerprint density at radius 3 is 3.05 bits per heavy atom. The Morgan fingerprint density at radius 1 is 1.35 bits per heavy atom. The lowest BCUT2D eigenvalue weighted by Gasteiger charge is -2.35. The average molecular weight is 279 g/mol. The largest absolute Gasteiger partial charge is 0.492 e. The molecule has 1 fully saturated rings. The second-order valence-electron chi connectivity index (χ2n) is 5.43. The van der Waals surface area contributed by atoms with Gasteiger partial charge in [0.25, 0.3) is 0 Å². The summed E-state index contributed by atoms with van der Waals surface area (Å²) in [5.74, 6) is 2.33. The van der Waals surface area contributed by atoms with E-state index in [1.165, 1.54) is 0 Å². The van der Waals surface area contributed by atoms with Gasteiger partial charge in [-0.3, -0.25) is 4.90 Å². The van der Waals surface area contributed by atoms with E-state index in [-0.39, 0.29) is 12.9 Å². The normalized spacial score (nSPS) is 25.7. The van der Waals surface area contributed by atoms with E-state index >= 15 is 0 Å². The summed E-state index contributed by atoms with van der Waals surface area (Å²) in [6.45, 7) is 4.89. The number of likely N-dealkylation sites (tertiary alicyclic amines) is 1. The molecule has 110 valence electrons. The van der Waals surface area contributed by atoms with Crippen LogP contribution in [-0.2, 0) is 0 Å². The minimum Gasteiger partial charge on any atom is -0.492 e. The van der Waals surface area contributed by atoms with E-state index < -0.39 is 0 Å². The summed E-state index contributed by atoms with van der Waals surface area (Å²) >= 11 is 0. The second-order valence-corrected chi connectivity index (χ2v) is 5.43. The summed E-state index contributed by atoms with van der Waals surface area (Å²) < 4.78 is 16.4. The molecule has 1 aromatic carbocycles. The number of rotatable bonds is 4. The van der Waals surface area contributed by atoms with Crippen molar-refractivity contribution in [2.45, 2.75) is 31.9 Å². The Morgan fingerprint density at radius 2 is 2.20 bits per heavy atom. The van der Waals surface area contributed by atoms with Gasteiger partial charge in [-0.1, -0.05) is 0 Å². The van der Waals surface area contributed by atoms with Crippen LogP contribution in [0.3, 0.4) is 0 Å². The van der Waals surface area contributed by atoms with Crippen molar-refractivity contribution in [2.24, 2.45) is 0 Å². The van der Waals surface area contributed by atoms with Crippen molar-refractivity contribution in [1.29, 1.82) is 0 Å². The first-order valence-electron chi connectivity index (χ1n) is 7.17. The lowest BCUT2D eigenvalue weighted by molar-refractivity contribution is 0.0415. The number of benzene rings is 1. The molecule has 20 heavy (non-hydrogen) atoms. The van der Waals surface area contributed by atoms with Gasteiger partial charge in [-0.25, -0.2) is 0 Å². The van der Waals surface area contributed by atoms with Crippen LogP contribution in [0.4, 0.5) is 0 Å². The molecule has 2 atom stereocenters. The van der Waals surface area contributed by atoms with Crippen LogP contribution in [-0.4, -0.2) is 48.6 Å². The number of hydrogen-bond acceptors (Lipinski definition) is 5. The van der Waals surface area contributed by atoms with Gasteiger partial charge < -0.3 is 19.3 Å². The van der Waals surface area contributed by atoms with Crippen LogP contribution in [0.2, 0.25) is 0 Å². The first-order valence-corrected chi connectivity index (χ1v) is 7.17. The van der Waals surface area contributed by atoms with Crippen LogP contribution >= 0.6 is 0 Å². The third-order valence-corrected chi connectivity index (χ3v) is 3.98. The van der Waals surface area contributed by atoms with Crippen molar-refractivity contribution < 1.29 is 19.3 Å². The van der Waals surface area contributed by atoms with E-state index in [4.69, 9.17) is 14.2 Å². The predicted octanol–water partition coefficient (Wildman–Crippen LogP) is 1.64. The van der Waals surface area contributed by atoms with Gasteiger partial charge >= 0.3 is 0 Å². The van der Waals surface area contributed by atoms with E-state index in [1.54, 1.807) is 0 Å². The maximum Gasteiger partial charge on any atom is 0.231 e. The van der Waals surface area contributed by atoms with Crippen molar-refractivity contribution in [2.75, 3.05) is 26.5 Å². The van der Waals surface area contributed by atoms with Crippen molar-refractivity contribution in [3.8, 4) is 17.2 Å². The Hall–Kier alpha value is -1.46. The quantitative estimate of drug-likeness (QED) is 0.908. The summed E-state index contributed by atoms with van der Waals surface area (Å²) in [5, 5.41) is 9.61. The van der Waals surface area contributed by atoms with E-state index in [0.29, 0.717) is 12.6 Å². The van der Waals surface area contributed by atoms with Crippen LogP contribution in [0.15, 0.2) is 18.2 Å². The standard InChI is InChI=1S/C15H21NO4/c1-11-8-12(17)4-5-16(11)6-7-18-13-2-3-14-15(9-13)20-10-19-14/h2-3,9,11-12,17H,4-8,10H2,1H3. The van der Waals surface area contributed by atoms with Crippen LogP contribution < -0.4 is 14.2 Å². The molecule has 0 amide bonds. The highest BCUT2D eigenvalue weighted by Gasteiger charge is 2.23. The molecule has 2 heterocycles. The molecule has 2 aliphatic rings. The maximum absolute atomic E-state index is 9.61. The fraction of sp³-hybridized carbons (Fsp3) is 0.600. The van der Waals surface area contributed by atoms with Crippen molar-refractivity contribution in [3.05, 3.63) is 18.2 Å². The van der Waals surface area contributed by atoms with E-state index in [2.05, 4.69) is 11.8 Å². The Balaban J connectivity index is 1.48. The SMILES string of the molecule is CC1CC(O)CCN1CCOc1ccc2c(c1)OCO2. The highest BCUT2D eigenvalue weighted by molar-refractivity contribution is 5.46. The zero-order valence-corrected chi connectivity index (χ0v) is 11.7. The highest BCUT2D eigenvalue weighted by atomic mass is 16.7. The summed E-state index contributed by atoms with van der Waals surface area (Å²) in [4.78, 5) is 2.36. The van der Waals surface area contributed by atoms with Gasteiger partial charge in [-0.2, -0.15) is 0 Å². The number of hydrogen-bond donors (Lipinski definition) is 1. The molecule has 2 aliphatic heterocycles. The lowest BCUT2D eigenvalue weighted by Crippen LogP contribution is -2.44. The fourth-order valence-corrected chi connectivity index (χ4v) is 2.78. The summed E-state index contributed by atoms with van der Waals surface area (Å²) in [6, 6.07) is 6.05. The number of aliphatic hydroxyl groups is 1. The lowest BCUT2D eigenvalue weighted by atomic mass is 10.0. The minimum atomic E-state index is -0.143. The van der Waals surface area contributed by atoms with Gasteiger partial charge in [0.15, 0.2) is 11.5 Å². The molecule has 0 aliphatic carbocycles. The number of fused-ring (bicyclic) bond motifs is 1. The average Bonchev–Trinajstić information content (AvgIpc) is 2.89. The molecule has 0 spiro atoms. The first-order chi connectivity index (χ1) is 9.72. The van der Waals surface area contributed by atoms with Crippen LogP contribution in [0, 0.1) is 0 Å². The maximum atomic E-state index is 9.61. The number of ether oxygens (including phenoxy) is 3. The molecular weight excluding hydrogens is 258 g/mol. The summed E-state index contributed by atoms with van der Waals surface area (Å²) in [5.41, 5.74) is 0. The molecule has 0 bridgehead atoms. The molecule has 0 aromatic heterocycles. The topological polar surface area (TPSA) is 51.2 Å². The van der Waals surface area contributed by atoms with Crippen LogP contribution in [0.5, 0.6) is 17.2 Å². The highest BCUT2D eigenvalue weighted by Crippen LogP contribution is 2.35. The molecule has 5 nitrogen and oxygen atoms in total. The van der Waals surface area contributed by atoms with E-state index in [9.17, 15) is 5.11 Å². The summed E-state index contributed by atoms with van der Waals surface area (Å²) in [6.07, 6.45) is 1.56. The molecular formula is C15H21NO4. The molecule has 1 aromatic rings. The number of nitrogens with zero attached hydrogens (tertiary/aromatic N) is 1. The van der Waals surface area contributed by atoms with Crippen molar-refractivity contribution in [1.82, 2.24) is 4.90 Å². The Labute approximate surface area is 119 Å². The molecule has 2 unspecified atom stereocenters. The van der Waals surface area contributed by atoms with E-state index in [0.717, 1.165) is 43.2 Å². The molecule has 5 heteroatoms. The Kier molecular flexibility index (Phi) is 3.98. The van der Waals surface area contributed by atoms with Gasteiger partial charge in [0, 0.05) is 25.2 Å². The van der Waals surface area contributed by atoms with Gasteiger partial charge in [-0.05, 0) is 31.9 Å². The molecule has 3 rings (SSSR count). The third-order valence-electron chi connectivity index (χ3n) is 3.98. The van der Waals surface area contributed by atoms with Crippen molar-refractivity contribution in [3.63, 3.8) is 0 Å². The second kappa shape index (κ2) is 5.89. The van der Waals surface area contributed by atoms with E-state index in [1.807, 2.05) is 18.2 Å². The first kappa shape index (κ1) is 13.5. The zero-order valence-electron chi connectivity index (χ0n) is 11.7. The van der Waals surface area contributed by atoms with Crippen LogP contribution in [0.1, 0.15) is 19.8 Å². The zero-order chi connectivity index (χ0) is 13.9. The van der Waals surface area contributed by atoms with Gasteiger partial charge in [0.1, 0.15) is 12.4 Å². The number of piperidine rings is 1. The molecule has 1 saturated heterocycles. The smallest absolute Gasteiger partial charge is 0.231 e. The minimum absolute atomic E-state index is 0.143. The van der Waals surface area contributed by atoms with Crippen molar-refractivity contribution >= 4 is 0 Å². The summed E-state index contributed by atoms with van der Waals surface area (Å²) in [7, 11) is 0. The number of aliphatic hydroxyl groups excluding tert-OH is 1. The Bertz CT molecular complexity index is 465. The molecule has 1 N–H and O–H groups in total. The molecule has 0 saturated carbocycles. The van der Waals surface area contributed by atoms with Gasteiger partial charge in [0.05, 0.1) is 6.10 Å². The van der Waals surface area contributed by atoms with Gasteiger partial charge in [0.2, 0.25) is 6.79 Å². The third kappa shape index (κ3) is 2.99. The fourth-order valence-electron chi connectivity index (χ4n) is 2.78. The predicted molar refractivity (Wildman–Crippen MR) is 74.3 cm³/mol. The van der Waals surface area contributed by atoms with Gasteiger partial charge in [-0.15, -0.1) is 0 Å². The molecule has 0 radical (unpaired) electrons. The van der Waals surface area contributed by atoms with Crippen LogP contribution in [0.25, 0.3) is 0 Å².